The van der Waals surface area contributed by atoms with Crippen LogP contribution in [0.15, 0.2) is 53.6 Å². The van der Waals surface area contributed by atoms with E-state index in [1.54, 1.807) is 13.0 Å². The van der Waals surface area contributed by atoms with Gasteiger partial charge in [0.2, 0.25) is 0 Å². The third-order valence-corrected chi connectivity index (χ3v) is 4.78. The SMILES string of the molecule is CCOC(=O)CN1c2ccccc2N(c2ccc(C(F)(F)F)cc2)CC1CN=[N+]=[N-]. The lowest BCUT2D eigenvalue weighted by molar-refractivity contribution is -0.141. The topological polar surface area (TPSA) is 81.5 Å². The van der Waals surface area contributed by atoms with Crippen LogP contribution in [0.4, 0.5) is 30.2 Å². The van der Waals surface area contributed by atoms with Crippen molar-refractivity contribution in [2.45, 2.75) is 19.1 Å². The summed E-state index contributed by atoms with van der Waals surface area (Å²) in [6.45, 7) is 2.33. The number of carbonyl (C=O) groups is 1. The molecular formula is C20H20F3N5O2. The summed E-state index contributed by atoms with van der Waals surface area (Å²) in [5.74, 6) is -0.416. The third kappa shape index (κ3) is 4.60. The molecule has 0 N–H and O–H groups in total. The molecule has 0 saturated heterocycles. The van der Waals surface area contributed by atoms with Crippen LogP contribution < -0.4 is 9.80 Å². The summed E-state index contributed by atoms with van der Waals surface area (Å²) in [4.78, 5) is 18.6. The van der Waals surface area contributed by atoms with Gasteiger partial charge in [0.05, 0.1) is 29.6 Å². The summed E-state index contributed by atoms with van der Waals surface area (Å²) < 4.78 is 43.8. The predicted molar refractivity (Wildman–Crippen MR) is 107 cm³/mol. The molecule has 0 saturated carbocycles. The van der Waals surface area contributed by atoms with Crippen LogP contribution in [0.5, 0.6) is 0 Å². The van der Waals surface area contributed by atoms with E-state index >= 15 is 0 Å². The van der Waals surface area contributed by atoms with Gasteiger partial charge in [0.25, 0.3) is 0 Å². The van der Waals surface area contributed by atoms with Gasteiger partial charge in [-0.25, -0.2) is 0 Å². The number of rotatable bonds is 6. The van der Waals surface area contributed by atoms with E-state index in [1.807, 2.05) is 28.0 Å². The number of ether oxygens (including phenoxy) is 1. The molecule has 3 rings (SSSR count). The molecule has 158 valence electrons. The molecule has 1 heterocycles. The largest absolute Gasteiger partial charge is 0.465 e. The summed E-state index contributed by atoms with van der Waals surface area (Å²) >= 11 is 0. The van der Waals surface area contributed by atoms with E-state index in [2.05, 4.69) is 10.0 Å². The lowest BCUT2D eigenvalue weighted by Gasteiger charge is -2.43. The fourth-order valence-corrected chi connectivity index (χ4v) is 3.46. The molecule has 0 bridgehead atoms. The van der Waals surface area contributed by atoms with Crippen molar-refractivity contribution in [2.24, 2.45) is 5.11 Å². The number of hydrogen-bond acceptors (Lipinski definition) is 5. The Bertz CT molecular complexity index is 942. The van der Waals surface area contributed by atoms with Gasteiger partial charge in [-0.05, 0) is 48.9 Å². The van der Waals surface area contributed by atoms with E-state index in [0.29, 0.717) is 17.9 Å². The van der Waals surface area contributed by atoms with Crippen LogP contribution in [0.3, 0.4) is 0 Å². The second kappa shape index (κ2) is 8.96. The molecule has 10 heteroatoms. The summed E-state index contributed by atoms with van der Waals surface area (Å²) in [5.41, 5.74) is 10.0. The molecular weight excluding hydrogens is 399 g/mol. The number of fused-ring (bicyclic) bond motifs is 1. The number of anilines is 3. The Labute approximate surface area is 171 Å². The first-order valence-electron chi connectivity index (χ1n) is 9.32. The number of azide groups is 1. The average molecular weight is 419 g/mol. The first-order chi connectivity index (χ1) is 14.3. The minimum atomic E-state index is -4.42. The Morgan fingerprint density at radius 2 is 1.87 bits per heavy atom. The van der Waals surface area contributed by atoms with Crippen molar-refractivity contribution in [3.63, 3.8) is 0 Å². The van der Waals surface area contributed by atoms with Gasteiger partial charge in [-0.2, -0.15) is 13.2 Å². The molecule has 0 amide bonds. The maximum atomic E-state index is 12.9. The van der Waals surface area contributed by atoms with Crippen molar-refractivity contribution in [2.75, 3.05) is 36.0 Å². The van der Waals surface area contributed by atoms with Crippen molar-refractivity contribution in [1.29, 1.82) is 0 Å². The lowest BCUT2D eigenvalue weighted by Crippen LogP contribution is -2.51. The summed E-state index contributed by atoms with van der Waals surface area (Å²) in [6.07, 6.45) is -4.42. The molecule has 7 nitrogen and oxygen atoms in total. The van der Waals surface area contributed by atoms with Crippen molar-refractivity contribution in [3.05, 3.63) is 64.5 Å². The zero-order chi connectivity index (χ0) is 21.7. The van der Waals surface area contributed by atoms with Crippen molar-refractivity contribution in [1.82, 2.24) is 0 Å². The quantitative estimate of drug-likeness (QED) is 0.288. The van der Waals surface area contributed by atoms with Crippen molar-refractivity contribution in [3.8, 4) is 0 Å². The van der Waals surface area contributed by atoms with E-state index in [0.717, 1.165) is 17.8 Å². The van der Waals surface area contributed by atoms with E-state index in [9.17, 15) is 18.0 Å². The molecule has 0 spiro atoms. The fourth-order valence-electron chi connectivity index (χ4n) is 3.46. The standard InChI is InChI=1S/C20H20F3N5O2/c1-2-30-19(29)13-28-16(11-25-26-24)12-27(17-5-3-4-6-18(17)28)15-9-7-14(8-10-15)20(21,22)23/h3-10,16H,2,11-13H2,1H3. The Balaban J connectivity index is 2.00. The highest BCUT2D eigenvalue weighted by atomic mass is 19.4. The van der Waals surface area contributed by atoms with Gasteiger partial charge in [0.1, 0.15) is 6.54 Å². The highest BCUT2D eigenvalue weighted by molar-refractivity contribution is 5.84. The number of carbonyl (C=O) groups excluding carboxylic acids is 1. The molecule has 30 heavy (non-hydrogen) atoms. The van der Waals surface area contributed by atoms with Gasteiger partial charge < -0.3 is 14.5 Å². The van der Waals surface area contributed by atoms with Crippen LogP contribution in [0.1, 0.15) is 12.5 Å². The number of nitrogens with zero attached hydrogens (tertiary/aromatic N) is 5. The smallest absolute Gasteiger partial charge is 0.416 e. The van der Waals surface area contributed by atoms with Gasteiger partial charge in [0.15, 0.2) is 0 Å². The second-order valence-electron chi connectivity index (χ2n) is 6.64. The summed E-state index contributed by atoms with van der Waals surface area (Å²) in [5, 5.41) is 3.66. The van der Waals surface area contributed by atoms with Crippen molar-refractivity contribution >= 4 is 23.0 Å². The van der Waals surface area contributed by atoms with Gasteiger partial charge in [-0.15, -0.1) is 0 Å². The van der Waals surface area contributed by atoms with Crippen LogP contribution in [0, 0.1) is 0 Å². The first kappa shape index (κ1) is 21.3. The molecule has 0 radical (unpaired) electrons. The highest BCUT2D eigenvalue weighted by Gasteiger charge is 2.34. The zero-order valence-corrected chi connectivity index (χ0v) is 16.2. The normalized spacial score (nSPS) is 15.9. The predicted octanol–water partition coefficient (Wildman–Crippen LogP) is 4.91. The van der Waals surface area contributed by atoms with Gasteiger partial charge in [0, 0.05) is 23.7 Å². The third-order valence-electron chi connectivity index (χ3n) is 4.78. The van der Waals surface area contributed by atoms with Crippen LogP contribution in [0.2, 0.25) is 0 Å². The number of hydrogen-bond donors (Lipinski definition) is 0. The van der Waals surface area contributed by atoms with E-state index in [1.165, 1.54) is 12.1 Å². The van der Waals surface area contributed by atoms with Crippen LogP contribution in [-0.2, 0) is 15.7 Å². The number of esters is 1. The maximum Gasteiger partial charge on any atom is 0.416 e. The Kier molecular flexibility index (Phi) is 6.37. The molecule has 1 atom stereocenters. The zero-order valence-electron chi connectivity index (χ0n) is 16.2. The number of benzene rings is 2. The molecule has 1 aliphatic rings. The Hall–Kier alpha value is -3.39. The molecule has 1 aliphatic heterocycles. The van der Waals surface area contributed by atoms with Crippen LogP contribution in [0.25, 0.3) is 10.4 Å². The molecule has 2 aromatic carbocycles. The van der Waals surface area contributed by atoms with Gasteiger partial charge in [-0.3, -0.25) is 4.79 Å². The van der Waals surface area contributed by atoms with E-state index < -0.39 is 17.7 Å². The summed E-state index contributed by atoms with van der Waals surface area (Å²) in [7, 11) is 0. The number of alkyl halides is 3. The Morgan fingerprint density at radius 3 is 2.47 bits per heavy atom. The van der Waals surface area contributed by atoms with E-state index in [-0.39, 0.29) is 25.7 Å². The molecule has 2 aromatic rings. The minimum absolute atomic E-state index is 0.0304. The van der Waals surface area contributed by atoms with E-state index in [4.69, 9.17) is 10.3 Å². The minimum Gasteiger partial charge on any atom is -0.465 e. The molecule has 0 fully saturated rings. The maximum absolute atomic E-state index is 12.9. The molecule has 0 aliphatic carbocycles. The van der Waals surface area contributed by atoms with Gasteiger partial charge >= 0.3 is 12.1 Å². The first-order valence-corrected chi connectivity index (χ1v) is 9.32. The summed E-state index contributed by atoms with van der Waals surface area (Å²) in [6, 6.07) is 11.8. The average Bonchev–Trinajstić information content (AvgIpc) is 2.72. The molecule has 0 aromatic heterocycles. The second-order valence-corrected chi connectivity index (χ2v) is 6.64. The lowest BCUT2D eigenvalue weighted by atomic mass is 10.0. The molecule has 1 unspecified atom stereocenters. The fraction of sp³-hybridized carbons (Fsp3) is 0.350. The van der Waals surface area contributed by atoms with Crippen LogP contribution in [-0.4, -0.2) is 38.3 Å². The number of para-hydroxylation sites is 2. The van der Waals surface area contributed by atoms with Crippen molar-refractivity contribution < 1.29 is 22.7 Å². The Morgan fingerprint density at radius 1 is 1.20 bits per heavy atom. The number of halogens is 3. The van der Waals surface area contributed by atoms with Gasteiger partial charge in [-0.1, -0.05) is 17.2 Å². The van der Waals surface area contributed by atoms with Crippen LogP contribution >= 0.6 is 0 Å². The monoisotopic (exact) mass is 419 g/mol. The highest BCUT2D eigenvalue weighted by Crippen LogP contribution is 2.40.